The van der Waals surface area contributed by atoms with E-state index < -0.39 is 11.9 Å². The molecule has 0 aromatic heterocycles. The molecule has 1 unspecified atom stereocenters. The first-order valence-electron chi connectivity index (χ1n) is 5.52. The zero-order chi connectivity index (χ0) is 13.1. The van der Waals surface area contributed by atoms with Gasteiger partial charge in [0.05, 0.1) is 13.2 Å². The second kappa shape index (κ2) is 5.49. The molecule has 96 valence electrons. The summed E-state index contributed by atoms with van der Waals surface area (Å²) < 4.78 is 6.07. The van der Waals surface area contributed by atoms with Gasteiger partial charge in [0.15, 0.2) is 6.29 Å². The maximum absolute atomic E-state index is 11.4. The SMILES string of the molecule is NC(=O)C1COCCN1c1ccc(Br)cc1C=O. The Kier molecular flexibility index (Phi) is 3.98. The molecule has 0 saturated carbocycles. The fourth-order valence-electron chi connectivity index (χ4n) is 2.01. The molecule has 1 amide bonds. The van der Waals surface area contributed by atoms with Crippen LogP contribution in [-0.2, 0) is 9.53 Å². The number of carbonyl (C=O) groups excluding carboxylic acids is 2. The van der Waals surface area contributed by atoms with Crippen molar-refractivity contribution < 1.29 is 14.3 Å². The lowest BCUT2D eigenvalue weighted by Crippen LogP contribution is -2.53. The number of morpholine rings is 1. The highest BCUT2D eigenvalue weighted by atomic mass is 79.9. The molecule has 0 radical (unpaired) electrons. The van der Waals surface area contributed by atoms with E-state index in [4.69, 9.17) is 10.5 Å². The van der Waals surface area contributed by atoms with Gasteiger partial charge in [-0.3, -0.25) is 9.59 Å². The van der Waals surface area contributed by atoms with E-state index in [1.807, 2.05) is 11.0 Å². The Hall–Kier alpha value is -1.40. The first-order valence-corrected chi connectivity index (χ1v) is 6.31. The summed E-state index contributed by atoms with van der Waals surface area (Å²) in [5.74, 6) is -0.450. The fraction of sp³-hybridized carbons (Fsp3) is 0.333. The van der Waals surface area contributed by atoms with Crippen LogP contribution in [0.25, 0.3) is 0 Å². The van der Waals surface area contributed by atoms with Crippen LogP contribution in [0.1, 0.15) is 10.4 Å². The second-order valence-corrected chi connectivity index (χ2v) is 4.92. The number of hydrogen-bond donors (Lipinski definition) is 1. The van der Waals surface area contributed by atoms with E-state index >= 15 is 0 Å². The number of aldehydes is 1. The maximum Gasteiger partial charge on any atom is 0.242 e. The van der Waals surface area contributed by atoms with E-state index in [9.17, 15) is 9.59 Å². The standard InChI is InChI=1S/C12H13BrN2O3/c13-9-1-2-10(8(5-9)6-16)15-3-4-18-7-11(15)12(14)17/h1-2,5-6,11H,3-4,7H2,(H2,14,17). The van der Waals surface area contributed by atoms with Gasteiger partial charge in [-0.2, -0.15) is 0 Å². The lowest BCUT2D eigenvalue weighted by molar-refractivity contribution is -0.121. The molecule has 1 aromatic rings. The van der Waals surface area contributed by atoms with Crippen molar-refractivity contribution in [2.24, 2.45) is 5.73 Å². The lowest BCUT2D eigenvalue weighted by Gasteiger charge is -2.36. The molecular formula is C12H13BrN2O3. The third-order valence-electron chi connectivity index (χ3n) is 2.88. The lowest BCUT2D eigenvalue weighted by atomic mass is 10.1. The van der Waals surface area contributed by atoms with Crippen LogP contribution in [0.3, 0.4) is 0 Å². The maximum atomic E-state index is 11.4. The summed E-state index contributed by atoms with van der Waals surface area (Å²) >= 11 is 3.31. The van der Waals surface area contributed by atoms with E-state index in [1.54, 1.807) is 12.1 Å². The van der Waals surface area contributed by atoms with Gasteiger partial charge < -0.3 is 15.4 Å². The number of amides is 1. The van der Waals surface area contributed by atoms with Crippen LogP contribution in [0.5, 0.6) is 0 Å². The molecule has 2 rings (SSSR count). The van der Waals surface area contributed by atoms with Gasteiger partial charge in [-0.25, -0.2) is 0 Å². The van der Waals surface area contributed by atoms with Gasteiger partial charge in [-0.15, -0.1) is 0 Å². The summed E-state index contributed by atoms with van der Waals surface area (Å²) in [7, 11) is 0. The average molecular weight is 313 g/mol. The molecule has 5 nitrogen and oxygen atoms in total. The number of carbonyl (C=O) groups is 2. The molecule has 1 saturated heterocycles. The molecule has 0 aliphatic carbocycles. The molecule has 1 aliphatic rings. The van der Waals surface area contributed by atoms with Crippen LogP contribution in [0.4, 0.5) is 5.69 Å². The monoisotopic (exact) mass is 312 g/mol. The Morgan fingerprint density at radius 3 is 3.00 bits per heavy atom. The number of hydrogen-bond acceptors (Lipinski definition) is 4. The van der Waals surface area contributed by atoms with Crippen molar-refractivity contribution in [1.82, 2.24) is 0 Å². The van der Waals surface area contributed by atoms with Crippen molar-refractivity contribution in [2.45, 2.75) is 6.04 Å². The van der Waals surface area contributed by atoms with Gasteiger partial charge in [0.25, 0.3) is 0 Å². The van der Waals surface area contributed by atoms with Crippen LogP contribution in [0.2, 0.25) is 0 Å². The van der Waals surface area contributed by atoms with E-state index in [0.717, 1.165) is 10.8 Å². The second-order valence-electron chi connectivity index (χ2n) is 4.01. The minimum atomic E-state index is -0.529. The van der Waals surface area contributed by atoms with Crippen molar-refractivity contribution in [2.75, 3.05) is 24.7 Å². The van der Waals surface area contributed by atoms with Gasteiger partial charge >= 0.3 is 0 Å². The van der Waals surface area contributed by atoms with Crippen molar-refractivity contribution in [1.29, 1.82) is 0 Å². The minimum Gasteiger partial charge on any atom is -0.377 e. The highest BCUT2D eigenvalue weighted by molar-refractivity contribution is 9.10. The molecule has 0 spiro atoms. The number of nitrogens with two attached hydrogens (primary N) is 1. The number of primary amides is 1. The molecule has 1 heterocycles. The summed E-state index contributed by atoms with van der Waals surface area (Å²) in [5.41, 5.74) is 6.59. The topological polar surface area (TPSA) is 72.6 Å². The molecule has 0 bridgehead atoms. The van der Waals surface area contributed by atoms with Gasteiger partial charge in [0, 0.05) is 22.3 Å². The predicted octanol–water partition coefficient (Wildman–Crippen LogP) is 0.952. The van der Waals surface area contributed by atoms with Crippen LogP contribution >= 0.6 is 15.9 Å². The molecule has 1 aromatic carbocycles. The minimum absolute atomic E-state index is 0.254. The molecule has 2 N–H and O–H groups in total. The Morgan fingerprint density at radius 1 is 1.56 bits per heavy atom. The zero-order valence-electron chi connectivity index (χ0n) is 9.64. The number of rotatable bonds is 3. The summed E-state index contributed by atoms with van der Waals surface area (Å²) in [6, 6.07) is 4.82. The van der Waals surface area contributed by atoms with E-state index in [-0.39, 0.29) is 6.61 Å². The number of halogens is 1. The van der Waals surface area contributed by atoms with Crippen LogP contribution in [0, 0.1) is 0 Å². The van der Waals surface area contributed by atoms with Crippen molar-refractivity contribution in [3.8, 4) is 0 Å². The van der Waals surface area contributed by atoms with Crippen molar-refractivity contribution >= 4 is 33.8 Å². The number of anilines is 1. The highest BCUT2D eigenvalue weighted by Crippen LogP contribution is 2.26. The summed E-state index contributed by atoms with van der Waals surface area (Å²) in [5, 5.41) is 0. The third-order valence-corrected chi connectivity index (χ3v) is 3.38. The predicted molar refractivity (Wildman–Crippen MR) is 70.7 cm³/mol. The molecule has 1 aliphatic heterocycles. The molecule has 6 heteroatoms. The number of nitrogens with zero attached hydrogens (tertiary/aromatic N) is 1. The van der Waals surface area contributed by atoms with Crippen molar-refractivity contribution in [3.05, 3.63) is 28.2 Å². The van der Waals surface area contributed by atoms with Crippen LogP contribution in [0.15, 0.2) is 22.7 Å². The largest absolute Gasteiger partial charge is 0.377 e. The first kappa shape index (κ1) is 13.0. The number of benzene rings is 1. The van der Waals surface area contributed by atoms with Gasteiger partial charge in [0.2, 0.25) is 5.91 Å². The Labute approximate surface area is 113 Å². The summed E-state index contributed by atoms with van der Waals surface area (Å²) in [6.45, 7) is 1.30. The van der Waals surface area contributed by atoms with Gasteiger partial charge in [0.1, 0.15) is 6.04 Å². The molecule has 1 fully saturated rings. The first-order chi connectivity index (χ1) is 8.63. The smallest absolute Gasteiger partial charge is 0.242 e. The zero-order valence-corrected chi connectivity index (χ0v) is 11.2. The number of ether oxygens (including phenoxy) is 1. The molecular weight excluding hydrogens is 300 g/mol. The van der Waals surface area contributed by atoms with Crippen molar-refractivity contribution in [3.63, 3.8) is 0 Å². The Balaban J connectivity index is 2.39. The Morgan fingerprint density at radius 2 is 2.33 bits per heavy atom. The van der Waals surface area contributed by atoms with E-state index in [1.165, 1.54) is 0 Å². The van der Waals surface area contributed by atoms with Crippen LogP contribution in [-0.4, -0.2) is 38.0 Å². The van der Waals surface area contributed by atoms with E-state index in [2.05, 4.69) is 15.9 Å². The van der Waals surface area contributed by atoms with Crippen LogP contribution < -0.4 is 10.6 Å². The third kappa shape index (κ3) is 2.54. The highest BCUT2D eigenvalue weighted by Gasteiger charge is 2.29. The fourth-order valence-corrected chi connectivity index (χ4v) is 2.39. The molecule has 1 atom stereocenters. The van der Waals surface area contributed by atoms with Gasteiger partial charge in [-0.05, 0) is 18.2 Å². The average Bonchev–Trinajstić information content (AvgIpc) is 2.38. The summed E-state index contributed by atoms with van der Waals surface area (Å²) in [6.07, 6.45) is 0.771. The quantitative estimate of drug-likeness (QED) is 0.844. The summed E-state index contributed by atoms with van der Waals surface area (Å²) in [4.78, 5) is 24.3. The molecule has 18 heavy (non-hydrogen) atoms. The normalized spacial score (nSPS) is 19.6. The van der Waals surface area contributed by atoms with E-state index in [0.29, 0.717) is 24.4 Å². The Bertz CT molecular complexity index is 478. The van der Waals surface area contributed by atoms with Gasteiger partial charge in [-0.1, -0.05) is 15.9 Å².